The Kier molecular flexibility index (Phi) is 6.03. The van der Waals surface area contributed by atoms with Crippen LogP contribution in [0, 0.1) is 12.4 Å². The molecule has 9 nitrogen and oxygen atoms in total. The van der Waals surface area contributed by atoms with Crippen LogP contribution in [0.5, 0.6) is 0 Å². The summed E-state index contributed by atoms with van der Waals surface area (Å²) in [5, 5.41) is 5.82. The van der Waals surface area contributed by atoms with Gasteiger partial charge in [0.05, 0.1) is 12.0 Å². The van der Waals surface area contributed by atoms with Crippen LogP contribution in [0.2, 0.25) is 0 Å². The van der Waals surface area contributed by atoms with E-state index in [1.165, 1.54) is 30.9 Å². The van der Waals surface area contributed by atoms with Crippen LogP contribution >= 0.6 is 0 Å². The van der Waals surface area contributed by atoms with Gasteiger partial charge in [-0.3, -0.25) is 4.79 Å². The lowest BCUT2D eigenvalue weighted by Crippen LogP contribution is -2.15. The van der Waals surface area contributed by atoms with Crippen LogP contribution in [0.4, 0.5) is 21.6 Å². The lowest BCUT2D eigenvalue weighted by molar-refractivity contribution is 0.102. The quantitative estimate of drug-likeness (QED) is 0.262. The Morgan fingerprint density at radius 3 is 2.76 bits per heavy atom. The number of imidazole rings is 1. The number of amides is 1. The van der Waals surface area contributed by atoms with Crippen molar-refractivity contribution in [3.8, 4) is 11.3 Å². The summed E-state index contributed by atoms with van der Waals surface area (Å²) in [5.41, 5.74) is 3.19. The Labute approximate surface area is 211 Å². The second kappa shape index (κ2) is 9.47. The lowest BCUT2D eigenvalue weighted by Gasteiger charge is -2.14. The van der Waals surface area contributed by atoms with Crippen molar-refractivity contribution in [2.75, 3.05) is 10.6 Å². The van der Waals surface area contributed by atoms with Gasteiger partial charge in [0.25, 0.3) is 11.4 Å². The van der Waals surface area contributed by atoms with E-state index in [0.717, 1.165) is 5.56 Å². The fraction of sp³-hybridized carbons (Fsp3) is 0.111. The van der Waals surface area contributed by atoms with Crippen molar-refractivity contribution in [1.29, 1.82) is 0 Å². The topological polar surface area (TPSA) is 113 Å². The second-order valence-electron chi connectivity index (χ2n) is 8.75. The van der Waals surface area contributed by atoms with Crippen molar-refractivity contribution < 1.29 is 9.18 Å². The minimum Gasteiger partial charge on any atom is -0.341 e. The Hall–Kier alpha value is -5.17. The lowest BCUT2D eigenvalue weighted by atomic mass is 9.93. The molecule has 0 bridgehead atoms. The molecule has 5 aromatic rings. The fourth-order valence-electron chi connectivity index (χ4n) is 3.80. The maximum atomic E-state index is 14.8. The number of anilines is 3. The number of halogens is 1. The number of aromatic nitrogens is 5. The monoisotopic (exact) mass is 492 g/mol. The van der Waals surface area contributed by atoms with Crippen LogP contribution < -0.4 is 10.6 Å². The number of nitrogens with zero attached hydrogens (tertiary/aromatic N) is 5. The van der Waals surface area contributed by atoms with Gasteiger partial charge < -0.3 is 20.5 Å². The number of hydrogen-bond acceptors (Lipinski definition) is 6. The van der Waals surface area contributed by atoms with E-state index in [1.807, 2.05) is 6.07 Å². The Morgan fingerprint density at radius 2 is 1.92 bits per heavy atom. The normalized spacial score (nSPS) is 11.2. The number of aromatic amines is 1. The minimum atomic E-state index is -0.755. The van der Waals surface area contributed by atoms with Gasteiger partial charge in [-0.1, -0.05) is 12.1 Å². The number of carbonyl (C=O) groups excluding carboxylic acids is 1. The third kappa shape index (κ3) is 4.70. The predicted molar refractivity (Wildman–Crippen MR) is 139 cm³/mol. The number of hydrogen-bond donors (Lipinski definition) is 3. The largest absolute Gasteiger partial charge is 0.341 e. The van der Waals surface area contributed by atoms with Gasteiger partial charge in [-0.05, 0) is 42.5 Å². The molecule has 182 valence electrons. The summed E-state index contributed by atoms with van der Waals surface area (Å²) in [6, 6.07) is 14.7. The molecule has 37 heavy (non-hydrogen) atoms. The van der Waals surface area contributed by atoms with E-state index in [0.29, 0.717) is 39.5 Å². The number of rotatable bonds is 6. The van der Waals surface area contributed by atoms with Gasteiger partial charge in [-0.15, -0.1) is 0 Å². The number of pyridine rings is 1. The zero-order valence-corrected chi connectivity index (χ0v) is 20.0. The molecule has 2 aromatic carbocycles. The Balaban J connectivity index is 1.43. The average molecular weight is 493 g/mol. The molecule has 0 fully saturated rings. The van der Waals surface area contributed by atoms with E-state index in [-0.39, 0.29) is 11.6 Å². The van der Waals surface area contributed by atoms with Gasteiger partial charge >= 0.3 is 0 Å². The van der Waals surface area contributed by atoms with E-state index in [1.54, 1.807) is 50.4 Å². The van der Waals surface area contributed by atoms with Crippen molar-refractivity contribution in [3.63, 3.8) is 0 Å². The molecule has 0 spiro atoms. The van der Waals surface area contributed by atoms with Gasteiger partial charge in [0.15, 0.2) is 5.65 Å². The second-order valence-corrected chi connectivity index (χ2v) is 8.75. The molecule has 3 N–H and O–H groups in total. The molecule has 0 aliphatic carbocycles. The molecule has 1 amide bonds. The van der Waals surface area contributed by atoms with Crippen molar-refractivity contribution in [2.45, 2.75) is 19.4 Å². The highest BCUT2D eigenvalue weighted by molar-refractivity contribution is 6.04. The van der Waals surface area contributed by atoms with E-state index < -0.39 is 11.4 Å². The first-order valence-corrected chi connectivity index (χ1v) is 11.3. The molecule has 0 atom stereocenters. The molecule has 0 saturated carbocycles. The molecule has 0 saturated heterocycles. The van der Waals surface area contributed by atoms with Gasteiger partial charge in [0.1, 0.15) is 29.2 Å². The Morgan fingerprint density at radius 1 is 1.05 bits per heavy atom. The first kappa shape index (κ1) is 23.6. The number of carbonyl (C=O) groups is 1. The number of H-pyrrole nitrogens is 1. The molecule has 10 heteroatoms. The first-order chi connectivity index (χ1) is 17.9. The SMILES string of the molecule is [C-]#[N+]C(C)(C)c1cccc(C(=O)Nc2ccc(F)c(Nc3ncccc3-c3ncnc4nc[nH]c34)c2)c1. The van der Waals surface area contributed by atoms with Crippen LogP contribution in [0.3, 0.4) is 0 Å². The van der Waals surface area contributed by atoms with Crippen LogP contribution in [0.15, 0.2) is 73.4 Å². The highest BCUT2D eigenvalue weighted by Crippen LogP contribution is 2.32. The Bertz CT molecular complexity index is 1670. The molecule has 3 aromatic heterocycles. The van der Waals surface area contributed by atoms with Crippen LogP contribution in [-0.2, 0) is 5.54 Å². The summed E-state index contributed by atoms with van der Waals surface area (Å²) in [5.74, 6) is -0.528. The minimum absolute atomic E-state index is 0.121. The first-order valence-electron chi connectivity index (χ1n) is 11.3. The van der Waals surface area contributed by atoms with Gasteiger partial charge in [-0.25, -0.2) is 30.9 Å². The summed E-state index contributed by atoms with van der Waals surface area (Å²) >= 11 is 0. The van der Waals surface area contributed by atoms with Gasteiger partial charge in [-0.2, -0.15) is 0 Å². The highest BCUT2D eigenvalue weighted by atomic mass is 19.1. The zero-order valence-electron chi connectivity index (χ0n) is 20.0. The van der Waals surface area contributed by atoms with Crippen molar-refractivity contribution >= 4 is 34.3 Å². The van der Waals surface area contributed by atoms with Crippen molar-refractivity contribution in [2.24, 2.45) is 0 Å². The number of nitrogens with one attached hydrogen (secondary N) is 3. The van der Waals surface area contributed by atoms with Gasteiger partial charge in [0.2, 0.25) is 0 Å². The molecular formula is C27H21FN8O. The predicted octanol–water partition coefficient (Wildman–Crippen LogP) is 5.70. The number of fused-ring (bicyclic) bond motifs is 1. The molecular weight excluding hydrogens is 471 g/mol. The van der Waals surface area contributed by atoms with E-state index >= 15 is 0 Å². The zero-order chi connectivity index (χ0) is 26.0. The van der Waals surface area contributed by atoms with Crippen LogP contribution in [-0.4, -0.2) is 30.8 Å². The highest BCUT2D eigenvalue weighted by Gasteiger charge is 2.26. The van der Waals surface area contributed by atoms with Crippen molar-refractivity contribution in [1.82, 2.24) is 24.9 Å². The summed E-state index contributed by atoms with van der Waals surface area (Å²) < 4.78 is 14.8. The summed E-state index contributed by atoms with van der Waals surface area (Å²) in [4.78, 5) is 36.6. The molecule has 3 heterocycles. The maximum absolute atomic E-state index is 14.8. The van der Waals surface area contributed by atoms with E-state index in [4.69, 9.17) is 6.57 Å². The average Bonchev–Trinajstić information content (AvgIpc) is 3.40. The molecule has 0 radical (unpaired) electrons. The standard InChI is InChI=1S/C27H21FN8O/c1-27(2,29-3)17-7-4-6-16(12-17)26(37)35-18-9-10-20(28)21(13-18)36-24-19(8-5-11-30-24)22-23-25(33-14-31-22)34-15-32-23/h4-15H,1-2H3,(H,30,36)(H,35,37)(H,31,32,33,34). The summed E-state index contributed by atoms with van der Waals surface area (Å²) in [6.07, 6.45) is 4.51. The third-order valence-electron chi connectivity index (χ3n) is 5.87. The fourth-order valence-corrected chi connectivity index (χ4v) is 3.80. The van der Waals surface area contributed by atoms with Crippen molar-refractivity contribution in [3.05, 3.63) is 102 Å². The van der Waals surface area contributed by atoms with E-state index in [9.17, 15) is 9.18 Å². The smallest absolute Gasteiger partial charge is 0.255 e. The third-order valence-corrected chi connectivity index (χ3v) is 5.87. The number of benzene rings is 2. The van der Waals surface area contributed by atoms with Gasteiger partial charge in [0, 0.05) is 42.4 Å². The molecule has 0 aliphatic rings. The van der Waals surface area contributed by atoms with E-state index in [2.05, 4.69) is 40.4 Å². The molecule has 0 aliphatic heterocycles. The van der Waals surface area contributed by atoms with Crippen LogP contribution in [0.25, 0.3) is 27.3 Å². The summed E-state index contributed by atoms with van der Waals surface area (Å²) in [7, 11) is 0. The maximum Gasteiger partial charge on any atom is 0.255 e. The van der Waals surface area contributed by atoms with Crippen LogP contribution in [0.1, 0.15) is 29.8 Å². The molecule has 0 unspecified atom stereocenters. The summed E-state index contributed by atoms with van der Waals surface area (Å²) in [6.45, 7) is 11.0. The molecule has 5 rings (SSSR count).